The lowest BCUT2D eigenvalue weighted by atomic mass is 9.48. The van der Waals surface area contributed by atoms with Crippen molar-refractivity contribution in [3.63, 3.8) is 0 Å². The molecular formula is C14H28. The molecule has 0 aromatic rings. The lowest BCUT2D eigenvalue weighted by molar-refractivity contribution is -0.0723. The van der Waals surface area contributed by atoms with Crippen LogP contribution >= 0.6 is 0 Å². The molecule has 0 heteroatoms. The van der Waals surface area contributed by atoms with Crippen LogP contribution in [0.25, 0.3) is 0 Å². The van der Waals surface area contributed by atoms with Crippen molar-refractivity contribution in [2.24, 2.45) is 22.2 Å². The van der Waals surface area contributed by atoms with Gasteiger partial charge in [-0.05, 0) is 35.0 Å². The third-order valence-electron chi connectivity index (χ3n) is 5.61. The van der Waals surface area contributed by atoms with Crippen LogP contribution in [0, 0.1) is 22.2 Å². The molecule has 0 radical (unpaired) electrons. The maximum atomic E-state index is 2.47. The second-order valence-electron chi connectivity index (χ2n) is 7.22. The first-order chi connectivity index (χ1) is 6.11. The van der Waals surface area contributed by atoms with Crippen LogP contribution in [0.2, 0.25) is 0 Å². The molecule has 1 saturated carbocycles. The summed E-state index contributed by atoms with van der Waals surface area (Å²) in [6, 6.07) is 0. The Morgan fingerprint density at radius 2 is 1.21 bits per heavy atom. The van der Waals surface area contributed by atoms with E-state index in [0.29, 0.717) is 16.2 Å². The van der Waals surface area contributed by atoms with Crippen LogP contribution in [0.5, 0.6) is 0 Å². The molecule has 0 aliphatic heterocycles. The summed E-state index contributed by atoms with van der Waals surface area (Å²) in [5.74, 6) is 0.955. The highest BCUT2D eigenvalue weighted by Gasteiger charge is 2.50. The molecule has 1 rings (SSSR count). The maximum absolute atomic E-state index is 2.47. The minimum absolute atomic E-state index is 0.395. The van der Waals surface area contributed by atoms with Gasteiger partial charge in [-0.1, -0.05) is 54.9 Å². The van der Waals surface area contributed by atoms with Crippen LogP contribution in [0.1, 0.15) is 67.7 Å². The summed E-state index contributed by atoms with van der Waals surface area (Å²) in [7, 11) is 0. The van der Waals surface area contributed by atoms with Crippen LogP contribution in [0.15, 0.2) is 0 Å². The zero-order valence-corrected chi connectivity index (χ0v) is 11.2. The molecule has 0 bridgehead atoms. The first kappa shape index (κ1) is 12.1. The molecule has 1 fully saturated rings. The van der Waals surface area contributed by atoms with E-state index in [1.165, 1.54) is 19.3 Å². The molecule has 0 aromatic heterocycles. The van der Waals surface area contributed by atoms with Crippen LogP contribution in [-0.2, 0) is 0 Å². The van der Waals surface area contributed by atoms with Crippen molar-refractivity contribution in [2.45, 2.75) is 67.7 Å². The van der Waals surface area contributed by atoms with E-state index in [4.69, 9.17) is 0 Å². The third kappa shape index (κ3) is 1.61. The van der Waals surface area contributed by atoms with Crippen molar-refractivity contribution in [3.05, 3.63) is 0 Å². The fourth-order valence-corrected chi connectivity index (χ4v) is 2.61. The highest BCUT2D eigenvalue weighted by atomic mass is 14.5. The van der Waals surface area contributed by atoms with Crippen molar-refractivity contribution >= 4 is 0 Å². The zero-order valence-electron chi connectivity index (χ0n) is 11.2. The molecule has 14 heavy (non-hydrogen) atoms. The number of rotatable bonds is 2. The van der Waals surface area contributed by atoms with Crippen LogP contribution in [0.4, 0.5) is 0 Å². The van der Waals surface area contributed by atoms with E-state index in [2.05, 4.69) is 48.5 Å². The molecule has 0 heterocycles. The molecule has 1 aliphatic carbocycles. The van der Waals surface area contributed by atoms with Gasteiger partial charge in [-0.2, -0.15) is 0 Å². The Kier molecular flexibility index (Phi) is 2.80. The lowest BCUT2D eigenvalue weighted by Gasteiger charge is -2.56. The van der Waals surface area contributed by atoms with Gasteiger partial charge in [-0.15, -0.1) is 0 Å². The molecular weight excluding hydrogens is 168 g/mol. The van der Waals surface area contributed by atoms with Gasteiger partial charge in [-0.3, -0.25) is 0 Å². The van der Waals surface area contributed by atoms with Gasteiger partial charge in [-0.25, -0.2) is 0 Å². The lowest BCUT2D eigenvalue weighted by Crippen LogP contribution is -2.48. The molecule has 0 aromatic carbocycles. The first-order valence-corrected chi connectivity index (χ1v) is 6.11. The van der Waals surface area contributed by atoms with Gasteiger partial charge >= 0.3 is 0 Å². The monoisotopic (exact) mass is 196 g/mol. The Balaban J connectivity index is 2.89. The molecule has 0 spiro atoms. The molecule has 1 aliphatic rings. The van der Waals surface area contributed by atoms with E-state index in [-0.39, 0.29) is 0 Å². The fourth-order valence-electron chi connectivity index (χ4n) is 2.61. The molecule has 0 N–H and O–H groups in total. The van der Waals surface area contributed by atoms with Crippen molar-refractivity contribution in [1.82, 2.24) is 0 Å². The normalized spacial score (nSPS) is 20.8. The summed E-state index contributed by atoms with van der Waals surface area (Å²) >= 11 is 0. The quantitative estimate of drug-likeness (QED) is 0.590. The standard InChI is InChI=1S/C14H28/c1-12(2,3)14(6,7)13(4,5)11-9-8-10-11/h11H,8-10H2,1-7H3. The average molecular weight is 196 g/mol. The van der Waals surface area contributed by atoms with Crippen LogP contribution < -0.4 is 0 Å². The van der Waals surface area contributed by atoms with Gasteiger partial charge in [0, 0.05) is 0 Å². The Hall–Kier alpha value is 0. The molecule has 0 amide bonds. The van der Waals surface area contributed by atoms with E-state index in [0.717, 1.165) is 5.92 Å². The molecule has 0 nitrogen and oxygen atoms in total. The predicted molar refractivity (Wildman–Crippen MR) is 64.4 cm³/mol. The predicted octanol–water partition coefficient (Wildman–Crippen LogP) is 4.89. The Morgan fingerprint density at radius 1 is 0.786 bits per heavy atom. The molecule has 0 saturated heterocycles. The SMILES string of the molecule is CC(C)(C)C(C)(C)C(C)(C)C1CCC1. The second-order valence-corrected chi connectivity index (χ2v) is 7.22. The van der Waals surface area contributed by atoms with Crippen molar-refractivity contribution in [1.29, 1.82) is 0 Å². The third-order valence-corrected chi connectivity index (χ3v) is 5.61. The second kappa shape index (κ2) is 3.25. The maximum Gasteiger partial charge on any atom is -0.0252 e. The minimum Gasteiger partial charge on any atom is -0.0596 e. The first-order valence-electron chi connectivity index (χ1n) is 6.11. The van der Waals surface area contributed by atoms with Crippen molar-refractivity contribution in [2.75, 3.05) is 0 Å². The average Bonchev–Trinajstić information content (AvgIpc) is 1.78. The molecule has 0 atom stereocenters. The van der Waals surface area contributed by atoms with Gasteiger partial charge in [0.25, 0.3) is 0 Å². The molecule has 84 valence electrons. The van der Waals surface area contributed by atoms with E-state index >= 15 is 0 Å². The van der Waals surface area contributed by atoms with E-state index in [1.807, 2.05) is 0 Å². The summed E-state index contributed by atoms with van der Waals surface area (Å²) in [5, 5.41) is 0. The summed E-state index contributed by atoms with van der Waals surface area (Å²) in [6.07, 6.45) is 4.35. The molecule has 0 unspecified atom stereocenters. The zero-order chi connectivity index (χ0) is 11.2. The van der Waals surface area contributed by atoms with Crippen LogP contribution in [-0.4, -0.2) is 0 Å². The smallest absolute Gasteiger partial charge is 0.0252 e. The van der Waals surface area contributed by atoms with Gasteiger partial charge in [0.05, 0.1) is 0 Å². The summed E-state index contributed by atoms with van der Waals surface area (Å²) in [5.41, 5.74) is 1.28. The summed E-state index contributed by atoms with van der Waals surface area (Å²) in [6.45, 7) is 17.0. The van der Waals surface area contributed by atoms with Crippen molar-refractivity contribution < 1.29 is 0 Å². The Labute approximate surface area is 90.5 Å². The van der Waals surface area contributed by atoms with Gasteiger partial charge < -0.3 is 0 Å². The minimum atomic E-state index is 0.395. The van der Waals surface area contributed by atoms with Gasteiger partial charge in [0.1, 0.15) is 0 Å². The topological polar surface area (TPSA) is 0 Å². The van der Waals surface area contributed by atoms with E-state index < -0.39 is 0 Å². The largest absolute Gasteiger partial charge is 0.0596 e. The summed E-state index contributed by atoms with van der Waals surface area (Å²) < 4.78 is 0. The number of hydrogen-bond donors (Lipinski definition) is 0. The van der Waals surface area contributed by atoms with Crippen molar-refractivity contribution in [3.8, 4) is 0 Å². The highest BCUT2D eigenvalue weighted by Crippen LogP contribution is 2.58. The fraction of sp³-hybridized carbons (Fsp3) is 1.00. The van der Waals surface area contributed by atoms with Gasteiger partial charge in [0.15, 0.2) is 0 Å². The van der Waals surface area contributed by atoms with E-state index in [9.17, 15) is 0 Å². The summed E-state index contributed by atoms with van der Waals surface area (Å²) in [4.78, 5) is 0. The Morgan fingerprint density at radius 3 is 1.43 bits per heavy atom. The Bertz CT molecular complexity index is 199. The number of hydrogen-bond acceptors (Lipinski definition) is 0. The highest BCUT2D eigenvalue weighted by molar-refractivity contribution is 4.99. The van der Waals surface area contributed by atoms with Gasteiger partial charge in [0.2, 0.25) is 0 Å². The van der Waals surface area contributed by atoms with E-state index in [1.54, 1.807) is 0 Å². The van der Waals surface area contributed by atoms with Crippen LogP contribution in [0.3, 0.4) is 0 Å².